The van der Waals surface area contributed by atoms with E-state index in [1.165, 1.54) is 29.3 Å². The topological polar surface area (TPSA) is 70.4 Å². The van der Waals surface area contributed by atoms with Crippen LogP contribution in [0.25, 0.3) is 15.9 Å². The number of ether oxygens (including phenoxy) is 2. The third-order valence-electron chi connectivity index (χ3n) is 6.03. The summed E-state index contributed by atoms with van der Waals surface area (Å²) in [4.78, 5) is 32.6. The molecule has 0 saturated heterocycles. The Labute approximate surface area is 205 Å². The van der Waals surface area contributed by atoms with E-state index in [2.05, 4.69) is 0 Å². The Morgan fingerprint density at radius 3 is 2.50 bits per heavy atom. The summed E-state index contributed by atoms with van der Waals surface area (Å²) < 4.78 is 11.8. The maximum Gasteiger partial charge on any atom is 0.337 e. The second-order valence-corrected chi connectivity index (χ2v) is 10.1. The minimum Gasteiger partial charge on any atom is -0.497 e. The largest absolute Gasteiger partial charge is 0.497 e. The van der Waals surface area contributed by atoms with Gasteiger partial charge in [-0.15, -0.1) is 11.3 Å². The molecule has 0 radical (unpaired) electrons. The van der Waals surface area contributed by atoms with Gasteiger partial charge in [-0.1, -0.05) is 23.9 Å². The monoisotopic (exact) mass is 492 g/mol. The lowest BCUT2D eigenvalue weighted by Crippen LogP contribution is -2.22. The molecule has 0 fully saturated rings. The number of esters is 1. The number of nitrogens with zero attached hydrogens (tertiary/aromatic N) is 2. The molecule has 0 spiro atoms. The van der Waals surface area contributed by atoms with Crippen LogP contribution in [0.3, 0.4) is 0 Å². The molecule has 6 nitrogen and oxygen atoms in total. The zero-order valence-electron chi connectivity index (χ0n) is 19.0. The third kappa shape index (κ3) is 4.23. The van der Waals surface area contributed by atoms with Gasteiger partial charge in [0.1, 0.15) is 10.6 Å². The highest BCUT2D eigenvalue weighted by molar-refractivity contribution is 7.98. The van der Waals surface area contributed by atoms with Crippen LogP contribution < -0.4 is 10.3 Å². The van der Waals surface area contributed by atoms with Crippen molar-refractivity contribution in [3.8, 4) is 11.4 Å². The van der Waals surface area contributed by atoms with Crippen LogP contribution in [0.15, 0.2) is 58.5 Å². The molecule has 2 aromatic carbocycles. The summed E-state index contributed by atoms with van der Waals surface area (Å²) in [6.07, 6.45) is 4.23. The molecule has 1 aliphatic rings. The average Bonchev–Trinajstić information content (AvgIpc) is 3.26. The summed E-state index contributed by atoms with van der Waals surface area (Å²) in [6.45, 7) is 0. The number of methoxy groups -OCH3 is 2. The first-order valence-electron chi connectivity index (χ1n) is 11.1. The molecule has 0 saturated carbocycles. The molecule has 34 heavy (non-hydrogen) atoms. The van der Waals surface area contributed by atoms with Crippen molar-refractivity contribution in [1.82, 2.24) is 9.55 Å². The van der Waals surface area contributed by atoms with E-state index in [-0.39, 0.29) is 11.5 Å². The van der Waals surface area contributed by atoms with Crippen LogP contribution in [-0.2, 0) is 23.3 Å². The molecule has 2 aromatic heterocycles. The lowest BCUT2D eigenvalue weighted by molar-refractivity contribution is 0.0600. The van der Waals surface area contributed by atoms with Crippen LogP contribution in [0.1, 0.15) is 39.2 Å². The molecule has 0 bridgehead atoms. The Balaban J connectivity index is 1.56. The molecule has 5 rings (SSSR count). The van der Waals surface area contributed by atoms with E-state index >= 15 is 0 Å². The Morgan fingerprint density at radius 1 is 1.06 bits per heavy atom. The first-order chi connectivity index (χ1) is 16.6. The predicted octanol–water partition coefficient (Wildman–Crippen LogP) is 5.41. The summed E-state index contributed by atoms with van der Waals surface area (Å²) in [5.74, 6) is 0.987. The molecule has 0 amide bonds. The van der Waals surface area contributed by atoms with Gasteiger partial charge < -0.3 is 9.47 Å². The molecule has 2 heterocycles. The van der Waals surface area contributed by atoms with Gasteiger partial charge in [-0.05, 0) is 73.2 Å². The van der Waals surface area contributed by atoms with Gasteiger partial charge in [-0.2, -0.15) is 0 Å². The van der Waals surface area contributed by atoms with Crippen LogP contribution in [0.2, 0.25) is 0 Å². The molecule has 174 valence electrons. The fourth-order valence-electron chi connectivity index (χ4n) is 4.24. The van der Waals surface area contributed by atoms with E-state index in [0.717, 1.165) is 52.9 Å². The van der Waals surface area contributed by atoms with Crippen LogP contribution in [0.4, 0.5) is 0 Å². The smallest absolute Gasteiger partial charge is 0.337 e. The van der Waals surface area contributed by atoms with Gasteiger partial charge >= 0.3 is 5.97 Å². The van der Waals surface area contributed by atoms with Crippen LogP contribution in [-0.4, -0.2) is 29.7 Å². The average molecular weight is 493 g/mol. The summed E-state index contributed by atoms with van der Waals surface area (Å²) in [7, 11) is 2.99. The predicted molar refractivity (Wildman–Crippen MR) is 136 cm³/mol. The zero-order chi connectivity index (χ0) is 23.7. The molecule has 0 N–H and O–H groups in total. The maximum absolute atomic E-state index is 13.8. The van der Waals surface area contributed by atoms with Crippen molar-refractivity contribution in [2.75, 3.05) is 14.2 Å². The Morgan fingerprint density at radius 2 is 1.79 bits per heavy atom. The van der Waals surface area contributed by atoms with E-state index < -0.39 is 0 Å². The number of benzene rings is 2. The highest BCUT2D eigenvalue weighted by atomic mass is 32.2. The first kappa shape index (κ1) is 22.7. The Bertz CT molecular complexity index is 1410. The molecular weight excluding hydrogens is 468 g/mol. The van der Waals surface area contributed by atoms with Crippen molar-refractivity contribution in [3.63, 3.8) is 0 Å². The summed E-state index contributed by atoms with van der Waals surface area (Å²) in [5, 5.41) is 1.42. The Kier molecular flexibility index (Phi) is 6.43. The number of carbonyl (C=O) groups is 1. The van der Waals surface area contributed by atoms with Crippen LogP contribution >= 0.6 is 23.1 Å². The van der Waals surface area contributed by atoms with E-state index in [0.29, 0.717) is 16.5 Å². The third-order valence-corrected chi connectivity index (χ3v) is 8.23. The van der Waals surface area contributed by atoms with Crippen molar-refractivity contribution >= 4 is 39.3 Å². The standard InChI is InChI=1S/C26H24N2O4S2/c1-31-19-13-11-18(12-14-19)28-24(29)22-20-5-3-4-6-21(20)34-23(22)27-26(28)33-15-16-7-9-17(10-8-16)25(30)32-2/h7-14H,3-6,15H2,1-2H3. The molecule has 0 atom stereocenters. The van der Waals surface area contributed by atoms with Gasteiger partial charge in [0.25, 0.3) is 5.56 Å². The second kappa shape index (κ2) is 9.64. The molecule has 1 aliphatic carbocycles. The Hall–Kier alpha value is -3.10. The number of aryl methyl sites for hydroxylation is 2. The van der Waals surface area contributed by atoms with Gasteiger partial charge in [-0.25, -0.2) is 9.78 Å². The van der Waals surface area contributed by atoms with Crippen molar-refractivity contribution in [3.05, 3.63) is 80.5 Å². The fraction of sp³-hybridized carbons (Fsp3) is 0.269. The molecular formula is C26H24N2O4S2. The number of hydrogen-bond acceptors (Lipinski definition) is 7. The van der Waals surface area contributed by atoms with Gasteiger partial charge in [0, 0.05) is 10.6 Å². The zero-order valence-corrected chi connectivity index (χ0v) is 20.6. The molecule has 0 unspecified atom stereocenters. The maximum atomic E-state index is 13.8. The first-order valence-corrected chi connectivity index (χ1v) is 12.9. The highest BCUT2D eigenvalue weighted by Crippen LogP contribution is 2.35. The van der Waals surface area contributed by atoms with E-state index in [1.54, 1.807) is 35.1 Å². The van der Waals surface area contributed by atoms with Crippen molar-refractivity contribution in [2.45, 2.75) is 36.6 Å². The number of thiophene rings is 1. The normalized spacial score (nSPS) is 13.0. The second-order valence-electron chi connectivity index (χ2n) is 8.10. The van der Waals surface area contributed by atoms with E-state index in [9.17, 15) is 9.59 Å². The van der Waals surface area contributed by atoms with Gasteiger partial charge in [0.15, 0.2) is 5.16 Å². The van der Waals surface area contributed by atoms with Crippen molar-refractivity contribution in [1.29, 1.82) is 0 Å². The van der Waals surface area contributed by atoms with Crippen molar-refractivity contribution < 1.29 is 14.3 Å². The number of fused-ring (bicyclic) bond motifs is 3. The minimum absolute atomic E-state index is 0.0156. The van der Waals surface area contributed by atoms with E-state index in [1.807, 2.05) is 36.4 Å². The SMILES string of the molecule is COC(=O)c1ccc(CSc2nc3sc4c(c3c(=O)n2-c2ccc(OC)cc2)CCCC4)cc1. The molecule has 8 heteroatoms. The van der Waals surface area contributed by atoms with Gasteiger partial charge in [0.2, 0.25) is 0 Å². The van der Waals surface area contributed by atoms with Gasteiger partial charge in [-0.3, -0.25) is 9.36 Å². The number of aromatic nitrogens is 2. The summed E-state index contributed by atoms with van der Waals surface area (Å²) in [5.41, 5.74) is 3.47. The molecule has 0 aliphatic heterocycles. The number of hydrogen-bond donors (Lipinski definition) is 0. The van der Waals surface area contributed by atoms with E-state index in [4.69, 9.17) is 14.5 Å². The highest BCUT2D eigenvalue weighted by Gasteiger charge is 2.23. The summed E-state index contributed by atoms with van der Waals surface area (Å²) >= 11 is 3.17. The molecule has 4 aromatic rings. The van der Waals surface area contributed by atoms with Gasteiger partial charge in [0.05, 0.1) is 30.9 Å². The lowest BCUT2D eigenvalue weighted by atomic mass is 9.97. The van der Waals surface area contributed by atoms with Crippen molar-refractivity contribution in [2.24, 2.45) is 0 Å². The number of rotatable bonds is 6. The van der Waals surface area contributed by atoms with Crippen LogP contribution in [0, 0.1) is 0 Å². The summed E-state index contributed by atoms with van der Waals surface area (Å²) in [6, 6.07) is 14.8. The number of thioether (sulfide) groups is 1. The van der Waals surface area contributed by atoms with Crippen LogP contribution in [0.5, 0.6) is 5.75 Å². The quantitative estimate of drug-likeness (QED) is 0.204. The number of carbonyl (C=O) groups excluding carboxylic acids is 1. The fourth-order valence-corrected chi connectivity index (χ4v) is 6.52. The lowest BCUT2D eigenvalue weighted by Gasteiger charge is -2.14. The minimum atomic E-state index is -0.360.